The highest BCUT2D eigenvalue weighted by Gasteiger charge is 2.23. The first-order chi connectivity index (χ1) is 12.6. The zero-order valence-electron chi connectivity index (χ0n) is 14.4. The molecule has 1 aliphatic rings. The second kappa shape index (κ2) is 8.76. The molecule has 0 radical (unpaired) electrons. The van der Waals surface area contributed by atoms with E-state index in [4.69, 9.17) is 9.47 Å². The van der Waals surface area contributed by atoms with Crippen LogP contribution in [0.5, 0.6) is 5.75 Å². The summed E-state index contributed by atoms with van der Waals surface area (Å²) in [6.07, 6.45) is 1.90. The van der Waals surface area contributed by atoms with Crippen LogP contribution in [0.4, 0.5) is 8.78 Å². The van der Waals surface area contributed by atoms with Gasteiger partial charge in [-0.05, 0) is 54.8 Å². The summed E-state index contributed by atoms with van der Waals surface area (Å²) >= 11 is 0. The van der Waals surface area contributed by atoms with E-state index in [-0.39, 0.29) is 30.3 Å². The van der Waals surface area contributed by atoms with Crippen molar-refractivity contribution >= 4 is 5.91 Å². The second-order valence-electron chi connectivity index (χ2n) is 6.28. The van der Waals surface area contributed by atoms with E-state index in [1.54, 1.807) is 17.0 Å². The first kappa shape index (κ1) is 18.3. The van der Waals surface area contributed by atoms with E-state index in [2.05, 4.69) is 0 Å². The largest absolute Gasteiger partial charge is 0.484 e. The zero-order chi connectivity index (χ0) is 18.4. The van der Waals surface area contributed by atoms with Gasteiger partial charge in [-0.3, -0.25) is 4.79 Å². The Hall–Kier alpha value is -2.47. The summed E-state index contributed by atoms with van der Waals surface area (Å²) in [6, 6.07) is 11.6. The fraction of sp³-hybridized carbons (Fsp3) is 0.350. The molecule has 3 rings (SSSR count). The van der Waals surface area contributed by atoms with Crippen LogP contribution in [0.3, 0.4) is 0 Å². The summed E-state index contributed by atoms with van der Waals surface area (Å²) in [4.78, 5) is 14.3. The van der Waals surface area contributed by atoms with Crippen molar-refractivity contribution in [2.45, 2.75) is 25.5 Å². The molecule has 0 N–H and O–H groups in total. The maximum atomic E-state index is 13.1. The number of hydrogen-bond acceptors (Lipinski definition) is 3. The first-order valence-corrected chi connectivity index (χ1v) is 8.62. The van der Waals surface area contributed by atoms with Crippen LogP contribution in [0.15, 0.2) is 48.5 Å². The van der Waals surface area contributed by atoms with Crippen LogP contribution in [0.1, 0.15) is 18.4 Å². The number of carbonyl (C=O) groups is 1. The zero-order valence-corrected chi connectivity index (χ0v) is 14.4. The Labute approximate surface area is 151 Å². The molecule has 1 heterocycles. The van der Waals surface area contributed by atoms with Gasteiger partial charge in [0.1, 0.15) is 17.4 Å². The van der Waals surface area contributed by atoms with Gasteiger partial charge in [-0.2, -0.15) is 0 Å². The fourth-order valence-electron chi connectivity index (χ4n) is 2.87. The molecular weight excluding hydrogens is 340 g/mol. The van der Waals surface area contributed by atoms with Crippen molar-refractivity contribution in [2.24, 2.45) is 0 Å². The van der Waals surface area contributed by atoms with E-state index < -0.39 is 0 Å². The molecule has 6 heteroatoms. The molecule has 0 spiro atoms. The summed E-state index contributed by atoms with van der Waals surface area (Å²) in [5.74, 6) is -0.446. The third-order valence-corrected chi connectivity index (χ3v) is 4.26. The molecule has 1 aliphatic heterocycles. The molecule has 0 aromatic heterocycles. The Morgan fingerprint density at radius 3 is 2.35 bits per heavy atom. The number of halogens is 2. The van der Waals surface area contributed by atoms with Crippen LogP contribution in [0.2, 0.25) is 0 Å². The lowest BCUT2D eigenvalue weighted by Gasteiger charge is -2.25. The minimum absolute atomic E-state index is 0.00483. The minimum atomic E-state index is -0.361. The highest BCUT2D eigenvalue weighted by Crippen LogP contribution is 2.16. The molecule has 1 unspecified atom stereocenters. The van der Waals surface area contributed by atoms with Gasteiger partial charge in [-0.15, -0.1) is 0 Å². The van der Waals surface area contributed by atoms with Gasteiger partial charge >= 0.3 is 0 Å². The van der Waals surface area contributed by atoms with Crippen molar-refractivity contribution in [1.29, 1.82) is 0 Å². The third kappa shape index (κ3) is 5.26. The molecule has 138 valence electrons. The van der Waals surface area contributed by atoms with Gasteiger partial charge in [-0.1, -0.05) is 12.1 Å². The van der Waals surface area contributed by atoms with Gasteiger partial charge in [0, 0.05) is 19.7 Å². The summed E-state index contributed by atoms with van der Waals surface area (Å²) in [5, 5.41) is 0. The Morgan fingerprint density at radius 1 is 1.08 bits per heavy atom. The molecule has 0 aliphatic carbocycles. The molecule has 1 atom stereocenters. The summed E-state index contributed by atoms with van der Waals surface area (Å²) < 4.78 is 37.1. The smallest absolute Gasteiger partial charge is 0.260 e. The van der Waals surface area contributed by atoms with Gasteiger partial charge in [0.05, 0.1) is 6.10 Å². The van der Waals surface area contributed by atoms with Crippen molar-refractivity contribution in [1.82, 2.24) is 4.90 Å². The molecule has 4 nitrogen and oxygen atoms in total. The maximum Gasteiger partial charge on any atom is 0.260 e. The number of ether oxygens (including phenoxy) is 2. The Morgan fingerprint density at radius 2 is 1.73 bits per heavy atom. The monoisotopic (exact) mass is 361 g/mol. The molecular formula is C20H21F2NO3. The van der Waals surface area contributed by atoms with Crippen molar-refractivity contribution in [3.05, 3.63) is 65.7 Å². The van der Waals surface area contributed by atoms with Gasteiger partial charge in [0.2, 0.25) is 0 Å². The number of benzene rings is 2. The average molecular weight is 361 g/mol. The molecule has 1 fully saturated rings. The van der Waals surface area contributed by atoms with E-state index in [0.29, 0.717) is 25.4 Å². The van der Waals surface area contributed by atoms with Crippen molar-refractivity contribution in [3.8, 4) is 5.75 Å². The average Bonchev–Trinajstić information content (AvgIpc) is 3.15. The third-order valence-electron chi connectivity index (χ3n) is 4.26. The Balaban J connectivity index is 1.63. The number of amides is 1. The molecule has 26 heavy (non-hydrogen) atoms. The lowest BCUT2D eigenvalue weighted by Crippen LogP contribution is -2.39. The van der Waals surface area contributed by atoms with E-state index in [0.717, 1.165) is 18.4 Å². The van der Waals surface area contributed by atoms with Crippen LogP contribution in [-0.4, -0.2) is 36.7 Å². The predicted octanol–water partition coefficient (Wildman–Crippen LogP) is 3.55. The van der Waals surface area contributed by atoms with E-state index in [9.17, 15) is 13.6 Å². The topological polar surface area (TPSA) is 38.8 Å². The Bertz CT molecular complexity index is 713. The fourth-order valence-corrected chi connectivity index (χ4v) is 2.87. The lowest BCUT2D eigenvalue weighted by molar-refractivity contribution is -0.135. The van der Waals surface area contributed by atoms with Crippen molar-refractivity contribution < 1.29 is 23.0 Å². The van der Waals surface area contributed by atoms with Crippen LogP contribution in [0.25, 0.3) is 0 Å². The summed E-state index contributed by atoms with van der Waals surface area (Å²) in [5.41, 5.74) is 0.833. The predicted molar refractivity (Wildman–Crippen MR) is 92.7 cm³/mol. The molecule has 1 amide bonds. The maximum absolute atomic E-state index is 13.1. The van der Waals surface area contributed by atoms with Gasteiger partial charge < -0.3 is 14.4 Å². The molecule has 2 aromatic rings. The van der Waals surface area contributed by atoms with Crippen LogP contribution in [-0.2, 0) is 16.1 Å². The minimum Gasteiger partial charge on any atom is -0.484 e. The lowest BCUT2D eigenvalue weighted by atomic mass is 10.1. The normalized spacial score (nSPS) is 16.5. The SMILES string of the molecule is O=C(COc1ccc(F)cc1)N(Cc1ccc(F)cc1)CC1CCCO1. The number of hydrogen-bond donors (Lipinski definition) is 0. The highest BCUT2D eigenvalue weighted by molar-refractivity contribution is 5.77. The van der Waals surface area contributed by atoms with Crippen LogP contribution < -0.4 is 4.74 Å². The first-order valence-electron chi connectivity index (χ1n) is 8.62. The quantitative estimate of drug-likeness (QED) is 0.757. The van der Waals surface area contributed by atoms with Gasteiger partial charge in [0.25, 0.3) is 5.91 Å². The number of nitrogens with zero attached hydrogens (tertiary/aromatic N) is 1. The summed E-state index contributed by atoms with van der Waals surface area (Å²) in [7, 11) is 0. The standard InChI is InChI=1S/C20H21F2NO3/c21-16-5-3-15(4-6-16)12-23(13-19-2-1-11-25-19)20(24)14-26-18-9-7-17(22)8-10-18/h3-10,19H,1-2,11-14H2. The number of rotatable bonds is 7. The van der Waals surface area contributed by atoms with E-state index >= 15 is 0 Å². The molecule has 1 saturated heterocycles. The van der Waals surface area contributed by atoms with Crippen molar-refractivity contribution in [3.63, 3.8) is 0 Å². The van der Waals surface area contributed by atoms with Crippen LogP contribution >= 0.6 is 0 Å². The number of carbonyl (C=O) groups excluding carboxylic acids is 1. The second-order valence-corrected chi connectivity index (χ2v) is 6.28. The highest BCUT2D eigenvalue weighted by atomic mass is 19.1. The molecule has 0 bridgehead atoms. The molecule has 2 aromatic carbocycles. The van der Waals surface area contributed by atoms with E-state index in [1.165, 1.54) is 36.4 Å². The van der Waals surface area contributed by atoms with Gasteiger partial charge in [0.15, 0.2) is 6.61 Å². The van der Waals surface area contributed by atoms with Crippen molar-refractivity contribution in [2.75, 3.05) is 19.8 Å². The Kier molecular flexibility index (Phi) is 6.17. The summed E-state index contributed by atoms with van der Waals surface area (Å²) in [6.45, 7) is 1.36. The van der Waals surface area contributed by atoms with Gasteiger partial charge in [-0.25, -0.2) is 8.78 Å². The van der Waals surface area contributed by atoms with Crippen LogP contribution in [0, 0.1) is 11.6 Å². The molecule has 0 saturated carbocycles. The van der Waals surface area contributed by atoms with E-state index in [1.807, 2.05) is 0 Å².